The third kappa shape index (κ3) is 3.62. The molecule has 0 aliphatic heterocycles. The number of ether oxygens (including phenoxy) is 1. The van der Waals surface area contributed by atoms with Crippen molar-refractivity contribution in [3.63, 3.8) is 0 Å². The van der Waals surface area contributed by atoms with E-state index in [9.17, 15) is 4.79 Å². The van der Waals surface area contributed by atoms with Crippen LogP contribution in [-0.4, -0.2) is 41.2 Å². The number of likely N-dealkylation sites (N-methyl/N-ethyl adjacent to an activating group) is 1. The fourth-order valence-corrected chi connectivity index (χ4v) is 1.22. The van der Waals surface area contributed by atoms with E-state index in [1.54, 1.807) is 0 Å². The predicted octanol–water partition coefficient (Wildman–Crippen LogP) is 0.627. The summed E-state index contributed by atoms with van der Waals surface area (Å²) in [6.07, 6.45) is 0.743. The lowest BCUT2D eigenvalue weighted by atomic mass is 10.4. The largest absolute Gasteiger partial charge is 0.468 e. The molecule has 6 heteroatoms. The van der Waals surface area contributed by atoms with Crippen LogP contribution in [0.3, 0.4) is 0 Å². The SMILES string of the molecule is CCc1noc(CN(CC)CC(=O)OC)n1. The topological polar surface area (TPSA) is 68.5 Å². The molecule has 0 aliphatic carbocycles. The molecule has 0 bridgehead atoms. The quantitative estimate of drug-likeness (QED) is 0.664. The smallest absolute Gasteiger partial charge is 0.319 e. The lowest BCUT2D eigenvalue weighted by molar-refractivity contribution is -0.142. The Bertz CT molecular complexity index is 338. The van der Waals surface area contributed by atoms with E-state index in [4.69, 9.17) is 4.52 Å². The fraction of sp³-hybridized carbons (Fsp3) is 0.700. The zero-order valence-corrected chi connectivity index (χ0v) is 9.89. The van der Waals surface area contributed by atoms with Crippen LogP contribution in [0.2, 0.25) is 0 Å². The number of hydrogen-bond acceptors (Lipinski definition) is 6. The molecule has 16 heavy (non-hydrogen) atoms. The Morgan fingerprint density at radius 2 is 2.25 bits per heavy atom. The van der Waals surface area contributed by atoms with Crippen LogP contribution in [0.1, 0.15) is 25.6 Å². The monoisotopic (exact) mass is 227 g/mol. The van der Waals surface area contributed by atoms with Crippen LogP contribution in [0.4, 0.5) is 0 Å². The first kappa shape index (κ1) is 12.6. The van der Waals surface area contributed by atoms with Crippen LogP contribution in [0, 0.1) is 0 Å². The number of methoxy groups -OCH3 is 1. The summed E-state index contributed by atoms with van der Waals surface area (Å²) in [5.41, 5.74) is 0. The van der Waals surface area contributed by atoms with Crippen molar-refractivity contribution in [2.24, 2.45) is 0 Å². The average Bonchev–Trinajstić information content (AvgIpc) is 2.75. The summed E-state index contributed by atoms with van der Waals surface area (Å²) < 4.78 is 9.65. The molecule has 0 aliphatic rings. The number of nitrogens with zero attached hydrogens (tertiary/aromatic N) is 3. The van der Waals surface area contributed by atoms with Crippen molar-refractivity contribution < 1.29 is 14.1 Å². The van der Waals surface area contributed by atoms with Gasteiger partial charge in [0, 0.05) is 6.42 Å². The lowest BCUT2D eigenvalue weighted by Gasteiger charge is -2.15. The maximum Gasteiger partial charge on any atom is 0.319 e. The van der Waals surface area contributed by atoms with Gasteiger partial charge in [-0.2, -0.15) is 4.98 Å². The molecule has 0 amide bonds. The number of esters is 1. The molecule has 1 aromatic rings. The maximum atomic E-state index is 11.1. The first-order valence-corrected chi connectivity index (χ1v) is 5.30. The summed E-state index contributed by atoms with van der Waals surface area (Å²) >= 11 is 0. The van der Waals surface area contributed by atoms with Gasteiger partial charge >= 0.3 is 5.97 Å². The molecule has 90 valence electrons. The number of aryl methyl sites for hydroxylation is 1. The standard InChI is InChI=1S/C10H17N3O3/c1-4-8-11-9(16-12-8)6-13(5-2)7-10(14)15-3/h4-7H2,1-3H3. The van der Waals surface area contributed by atoms with Gasteiger partial charge in [0.25, 0.3) is 0 Å². The van der Waals surface area contributed by atoms with Crippen LogP contribution in [0.25, 0.3) is 0 Å². The van der Waals surface area contributed by atoms with Crippen molar-refractivity contribution >= 4 is 5.97 Å². The third-order valence-corrected chi connectivity index (χ3v) is 2.21. The molecular weight excluding hydrogens is 210 g/mol. The molecule has 0 fully saturated rings. The van der Waals surface area contributed by atoms with Crippen LogP contribution in [0.5, 0.6) is 0 Å². The zero-order valence-electron chi connectivity index (χ0n) is 9.89. The average molecular weight is 227 g/mol. The number of carbonyl (C=O) groups is 1. The highest BCUT2D eigenvalue weighted by molar-refractivity contribution is 5.71. The second kappa shape index (κ2) is 6.22. The molecule has 0 unspecified atom stereocenters. The zero-order chi connectivity index (χ0) is 12.0. The molecular formula is C10H17N3O3. The van der Waals surface area contributed by atoms with Gasteiger partial charge in [-0.05, 0) is 6.54 Å². The molecule has 0 radical (unpaired) electrons. The van der Waals surface area contributed by atoms with Gasteiger partial charge in [0.1, 0.15) is 0 Å². The van der Waals surface area contributed by atoms with E-state index >= 15 is 0 Å². The van der Waals surface area contributed by atoms with Crippen LogP contribution >= 0.6 is 0 Å². The van der Waals surface area contributed by atoms with Gasteiger partial charge < -0.3 is 9.26 Å². The van der Waals surface area contributed by atoms with Gasteiger partial charge in [-0.15, -0.1) is 0 Å². The van der Waals surface area contributed by atoms with Gasteiger partial charge in [0.2, 0.25) is 5.89 Å². The Balaban J connectivity index is 2.52. The molecule has 1 rings (SSSR count). The highest BCUT2D eigenvalue weighted by Crippen LogP contribution is 2.03. The Kier molecular flexibility index (Phi) is 4.91. The molecule has 0 N–H and O–H groups in total. The Hall–Kier alpha value is -1.43. The van der Waals surface area contributed by atoms with E-state index in [1.165, 1.54) is 7.11 Å². The van der Waals surface area contributed by atoms with Gasteiger partial charge in [-0.1, -0.05) is 19.0 Å². The molecule has 0 aromatic carbocycles. The number of carbonyl (C=O) groups excluding carboxylic acids is 1. The second-order valence-electron chi connectivity index (χ2n) is 3.34. The minimum Gasteiger partial charge on any atom is -0.468 e. The summed E-state index contributed by atoms with van der Waals surface area (Å²) in [5.74, 6) is 0.948. The lowest BCUT2D eigenvalue weighted by Crippen LogP contribution is -2.30. The van der Waals surface area contributed by atoms with E-state index in [-0.39, 0.29) is 12.5 Å². The van der Waals surface area contributed by atoms with E-state index in [2.05, 4.69) is 14.9 Å². The van der Waals surface area contributed by atoms with Crippen molar-refractivity contribution in [3.8, 4) is 0 Å². The van der Waals surface area contributed by atoms with E-state index < -0.39 is 0 Å². The maximum absolute atomic E-state index is 11.1. The number of aromatic nitrogens is 2. The molecule has 0 spiro atoms. The van der Waals surface area contributed by atoms with Gasteiger partial charge in [0.15, 0.2) is 5.82 Å². The van der Waals surface area contributed by atoms with Gasteiger partial charge in [0.05, 0.1) is 20.2 Å². The van der Waals surface area contributed by atoms with Crippen molar-refractivity contribution in [1.29, 1.82) is 0 Å². The summed E-state index contributed by atoms with van der Waals surface area (Å²) in [7, 11) is 1.37. The van der Waals surface area contributed by atoms with Crippen molar-refractivity contribution in [3.05, 3.63) is 11.7 Å². The first-order chi connectivity index (χ1) is 7.69. The Morgan fingerprint density at radius 1 is 1.50 bits per heavy atom. The predicted molar refractivity (Wildman–Crippen MR) is 56.6 cm³/mol. The highest BCUT2D eigenvalue weighted by Gasteiger charge is 2.13. The van der Waals surface area contributed by atoms with E-state index in [0.717, 1.165) is 13.0 Å². The molecule has 1 aromatic heterocycles. The highest BCUT2D eigenvalue weighted by atomic mass is 16.5. The Morgan fingerprint density at radius 3 is 2.75 bits per heavy atom. The molecule has 6 nitrogen and oxygen atoms in total. The van der Waals surface area contributed by atoms with Crippen molar-refractivity contribution in [1.82, 2.24) is 15.0 Å². The van der Waals surface area contributed by atoms with E-state index in [1.807, 2.05) is 18.7 Å². The summed E-state index contributed by atoms with van der Waals surface area (Å²) in [5, 5.41) is 3.79. The van der Waals surface area contributed by atoms with Crippen LogP contribution in [-0.2, 0) is 22.5 Å². The number of rotatable bonds is 6. The van der Waals surface area contributed by atoms with Crippen LogP contribution < -0.4 is 0 Å². The van der Waals surface area contributed by atoms with Gasteiger partial charge in [-0.3, -0.25) is 9.69 Å². The van der Waals surface area contributed by atoms with Crippen molar-refractivity contribution in [2.45, 2.75) is 26.8 Å². The van der Waals surface area contributed by atoms with Gasteiger partial charge in [-0.25, -0.2) is 0 Å². The summed E-state index contributed by atoms with van der Waals surface area (Å²) in [4.78, 5) is 17.2. The molecule has 0 atom stereocenters. The normalized spacial score (nSPS) is 10.8. The van der Waals surface area contributed by atoms with Crippen molar-refractivity contribution in [2.75, 3.05) is 20.2 Å². The third-order valence-electron chi connectivity index (χ3n) is 2.21. The molecule has 1 heterocycles. The minimum absolute atomic E-state index is 0.233. The minimum atomic E-state index is -0.267. The molecule has 0 saturated carbocycles. The summed E-state index contributed by atoms with van der Waals surface area (Å²) in [6, 6.07) is 0. The van der Waals surface area contributed by atoms with E-state index in [0.29, 0.717) is 18.3 Å². The fourth-order valence-electron chi connectivity index (χ4n) is 1.22. The number of hydrogen-bond donors (Lipinski definition) is 0. The summed E-state index contributed by atoms with van der Waals surface area (Å²) in [6.45, 7) is 5.34. The second-order valence-corrected chi connectivity index (χ2v) is 3.34. The van der Waals surface area contributed by atoms with Crippen LogP contribution in [0.15, 0.2) is 4.52 Å². The Labute approximate surface area is 94.6 Å². The first-order valence-electron chi connectivity index (χ1n) is 5.30. The molecule has 0 saturated heterocycles.